The zero-order valence-corrected chi connectivity index (χ0v) is 15.1. The fraction of sp³-hybridized carbons (Fsp3) is 0.105. The number of anilines is 2. The van der Waals surface area contributed by atoms with Crippen molar-refractivity contribution >= 4 is 38.1 Å². The first-order chi connectivity index (χ1) is 12.4. The maximum Gasteiger partial charge on any atom is 0.255 e. The summed E-state index contributed by atoms with van der Waals surface area (Å²) in [5, 5.41) is 4.83. The summed E-state index contributed by atoms with van der Waals surface area (Å²) in [6.07, 6.45) is 1.06. The molecule has 7 heteroatoms. The topological polar surface area (TPSA) is 84.5 Å². The van der Waals surface area contributed by atoms with Gasteiger partial charge in [-0.1, -0.05) is 30.3 Å². The quantitative estimate of drug-likeness (QED) is 0.720. The van der Waals surface area contributed by atoms with Crippen LogP contribution in [-0.2, 0) is 10.0 Å². The Hall–Kier alpha value is -3.06. The fourth-order valence-corrected chi connectivity index (χ4v) is 3.15. The fourth-order valence-electron chi connectivity index (χ4n) is 2.59. The molecular formula is C19H18N2O4S. The Kier molecular flexibility index (Phi) is 4.81. The van der Waals surface area contributed by atoms with Gasteiger partial charge in [-0.3, -0.25) is 9.52 Å². The Morgan fingerprint density at radius 3 is 2.38 bits per heavy atom. The molecule has 0 aromatic heterocycles. The molecule has 3 rings (SSSR count). The van der Waals surface area contributed by atoms with Gasteiger partial charge in [-0.25, -0.2) is 8.42 Å². The predicted molar refractivity (Wildman–Crippen MR) is 103 cm³/mol. The van der Waals surface area contributed by atoms with E-state index >= 15 is 0 Å². The average molecular weight is 370 g/mol. The number of hydrogen-bond donors (Lipinski definition) is 2. The van der Waals surface area contributed by atoms with Gasteiger partial charge in [0.2, 0.25) is 10.0 Å². The number of fused-ring (bicyclic) bond motifs is 1. The molecule has 0 unspecified atom stereocenters. The van der Waals surface area contributed by atoms with Gasteiger partial charge < -0.3 is 10.1 Å². The summed E-state index contributed by atoms with van der Waals surface area (Å²) < 4.78 is 30.3. The van der Waals surface area contributed by atoms with Crippen LogP contribution in [0.3, 0.4) is 0 Å². The molecule has 0 bridgehead atoms. The van der Waals surface area contributed by atoms with E-state index in [1.54, 1.807) is 18.2 Å². The van der Waals surface area contributed by atoms with Crippen molar-refractivity contribution in [1.82, 2.24) is 0 Å². The summed E-state index contributed by atoms with van der Waals surface area (Å²) in [5.41, 5.74) is 1.33. The van der Waals surface area contributed by atoms with Crippen molar-refractivity contribution in [2.75, 3.05) is 23.4 Å². The van der Waals surface area contributed by atoms with Crippen molar-refractivity contribution in [2.24, 2.45) is 0 Å². The van der Waals surface area contributed by atoms with Crippen LogP contribution in [-0.4, -0.2) is 27.7 Å². The van der Waals surface area contributed by atoms with Gasteiger partial charge in [-0.2, -0.15) is 0 Å². The summed E-state index contributed by atoms with van der Waals surface area (Å²) >= 11 is 0. The standard InChI is InChI=1S/C19H18N2O4S/c1-25-18-12-16(9-10-17(18)21-26(2,23)24)20-19(22)15-8-7-13-5-3-4-6-14(13)11-15/h3-12,21H,1-2H3,(H,20,22). The number of carbonyl (C=O) groups excluding carboxylic acids is 1. The number of amides is 1. The van der Waals surface area contributed by atoms with Crippen LogP contribution in [0.4, 0.5) is 11.4 Å². The van der Waals surface area contributed by atoms with Crippen molar-refractivity contribution in [3.8, 4) is 5.75 Å². The highest BCUT2D eigenvalue weighted by molar-refractivity contribution is 7.92. The van der Waals surface area contributed by atoms with Crippen LogP contribution in [0.5, 0.6) is 5.75 Å². The van der Waals surface area contributed by atoms with Crippen molar-refractivity contribution in [1.29, 1.82) is 0 Å². The summed E-state index contributed by atoms with van der Waals surface area (Å²) in [6, 6.07) is 18.0. The van der Waals surface area contributed by atoms with Crippen LogP contribution in [0.1, 0.15) is 10.4 Å². The number of hydrogen-bond acceptors (Lipinski definition) is 4. The number of sulfonamides is 1. The van der Waals surface area contributed by atoms with E-state index in [0.29, 0.717) is 22.7 Å². The molecule has 0 atom stereocenters. The number of rotatable bonds is 5. The van der Waals surface area contributed by atoms with Crippen LogP contribution in [0.2, 0.25) is 0 Å². The number of benzene rings is 3. The van der Waals surface area contributed by atoms with Crippen molar-refractivity contribution in [3.63, 3.8) is 0 Å². The number of nitrogens with one attached hydrogen (secondary N) is 2. The molecule has 0 radical (unpaired) electrons. The Morgan fingerprint density at radius 1 is 0.962 bits per heavy atom. The maximum atomic E-state index is 12.5. The van der Waals surface area contributed by atoms with E-state index < -0.39 is 10.0 Å². The normalized spacial score (nSPS) is 11.2. The van der Waals surface area contributed by atoms with E-state index in [2.05, 4.69) is 10.0 Å². The minimum atomic E-state index is -3.43. The Labute approximate surface area is 151 Å². The third-order valence-corrected chi connectivity index (χ3v) is 4.36. The van der Waals surface area contributed by atoms with E-state index in [0.717, 1.165) is 17.0 Å². The van der Waals surface area contributed by atoms with Crippen LogP contribution in [0, 0.1) is 0 Å². The SMILES string of the molecule is COc1cc(NC(=O)c2ccc3ccccc3c2)ccc1NS(C)(=O)=O. The van der Waals surface area contributed by atoms with E-state index in [-0.39, 0.29) is 5.91 Å². The molecule has 0 spiro atoms. The zero-order chi connectivity index (χ0) is 18.7. The average Bonchev–Trinajstić information content (AvgIpc) is 2.61. The van der Waals surface area contributed by atoms with Crippen LogP contribution < -0.4 is 14.8 Å². The lowest BCUT2D eigenvalue weighted by Crippen LogP contribution is -2.13. The molecule has 6 nitrogen and oxygen atoms in total. The van der Waals surface area contributed by atoms with E-state index in [1.807, 2.05) is 36.4 Å². The molecule has 3 aromatic carbocycles. The van der Waals surface area contributed by atoms with Crippen LogP contribution in [0.15, 0.2) is 60.7 Å². The summed E-state index contributed by atoms with van der Waals surface area (Å²) in [6.45, 7) is 0. The maximum absolute atomic E-state index is 12.5. The highest BCUT2D eigenvalue weighted by Gasteiger charge is 2.12. The van der Waals surface area contributed by atoms with Gasteiger partial charge in [-0.15, -0.1) is 0 Å². The van der Waals surface area contributed by atoms with Gasteiger partial charge in [0.15, 0.2) is 0 Å². The lowest BCUT2D eigenvalue weighted by Gasteiger charge is -2.12. The molecule has 1 amide bonds. The third-order valence-electron chi connectivity index (χ3n) is 3.77. The molecular weight excluding hydrogens is 352 g/mol. The second-order valence-corrected chi connectivity index (χ2v) is 7.55. The minimum absolute atomic E-state index is 0.262. The number of methoxy groups -OCH3 is 1. The highest BCUT2D eigenvalue weighted by Crippen LogP contribution is 2.29. The Morgan fingerprint density at radius 2 is 1.69 bits per heavy atom. The van der Waals surface area contributed by atoms with Gasteiger partial charge in [0.1, 0.15) is 5.75 Å². The molecule has 0 aliphatic heterocycles. The Bertz CT molecular complexity index is 1080. The smallest absolute Gasteiger partial charge is 0.255 e. The highest BCUT2D eigenvalue weighted by atomic mass is 32.2. The summed E-state index contributed by atoms with van der Waals surface area (Å²) in [7, 11) is -2.00. The van der Waals surface area contributed by atoms with Crippen LogP contribution >= 0.6 is 0 Å². The van der Waals surface area contributed by atoms with E-state index in [9.17, 15) is 13.2 Å². The largest absolute Gasteiger partial charge is 0.494 e. The first-order valence-corrected chi connectivity index (χ1v) is 9.71. The molecule has 2 N–H and O–H groups in total. The minimum Gasteiger partial charge on any atom is -0.494 e. The van der Waals surface area contributed by atoms with Crippen molar-refractivity contribution in [2.45, 2.75) is 0 Å². The predicted octanol–water partition coefficient (Wildman–Crippen LogP) is 3.47. The third kappa shape index (κ3) is 4.12. The van der Waals surface area contributed by atoms with Gasteiger partial charge >= 0.3 is 0 Å². The zero-order valence-electron chi connectivity index (χ0n) is 14.3. The molecule has 26 heavy (non-hydrogen) atoms. The molecule has 0 aliphatic carbocycles. The van der Waals surface area contributed by atoms with E-state index in [4.69, 9.17) is 4.74 Å². The van der Waals surface area contributed by atoms with Crippen LogP contribution in [0.25, 0.3) is 10.8 Å². The summed E-state index contributed by atoms with van der Waals surface area (Å²) in [4.78, 5) is 12.5. The lowest BCUT2D eigenvalue weighted by molar-refractivity contribution is 0.102. The van der Waals surface area contributed by atoms with E-state index in [1.165, 1.54) is 13.2 Å². The molecule has 0 saturated carbocycles. The monoisotopic (exact) mass is 370 g/mol. The first kappa shape index (κ1) is 17.8. The molecule has 134 valence electrons. The lowest BCUT2D eigenvalue weighted by atomic mass is 10.1. The van der Waals surface area contributed by atoms with Gasteiger partial charge in [0, 0.05) is 17.3 Å². The number of ether oxygens (including phenoxy) is 1. The molecule has 3 aromatic rings. The molecule has 0 fully saturated rings. The molecule has 0 saturated heterocycles. The first-order valence-electron chi connectivity index (χ1n) is 7.82. The second kappa shape index (κ2) is 7.05. The Balaban J connectivity index is 1.84. The van der Waals surface area contributed by atoms with Gasteiger partial charge in [0.25, 0.3) is 5.91 Å². The van der Waals surface area contributed by atoms with Crippen molar-refractivity contribution < 1.29 is 17.9 Å². The second-order valence-electron chi connectivity index (χ2n) is 5.81. The van der Waals surface area contributed by atoms with Gasteiger partial charge in [-0.05, 0) is 35.0 Å². The summed E-state index contributed by atoms with van der Waals surface area (Å²) in [5.74, 6) is 0.0494. The molecule has 0 heterocycles. The molecule has 0 aliphatic rings. The number of carbonyl (C=O) groups is 1. The van der Waals surface area contributed by atoms with Gasteiger partial charge in [0.05, 0.1) is 19.1 Å². The van der Waals surface area contributed by atoms with Crippen molar-refractivity contribution in [3.05, 3.63) is 66.2 Å².